The number of thiazole rings is 1. The average molecular weight is 341 g/mol. The molecule has 0 saturated carbocycles. The predicted octanol–water partition coefficient (Wildman–Crippen LogP) is 2.54. The number of halogens is 1. The minimum atomic E-state index is -3.39. The van der Waals surface area contributed by atoms with E-state index in [1.807, 2.05) is 0 Å². The number of hydrogen-bond acceptors (Lipinski definition) is 4. The highest BCUT2D eigenvalue weighted by Gasteiger charge is 2.18. The van der Waals surface area contributed by atoms with Crippen molar-refractivity contribution in [3.8, 4) is 0 Å². The fourth-order valence-corrected chi connectivity index (χ4v) is 4.69. The lowest BCUT2D eigenvalue weighted by atomic mass is 10.1. The van der Waals surface area contributed by atoms with Gasteiger partial charge in [0.2, 0.25) is 0 Å². The topological polar surface area (TPSA) is 59.1 Å². The summed E-state index contributed by atoms with van der Waals surface area (Å²) in [5.41, 5.74) is 0. The van der Waals surface area contributed by atoms with Crippen molar-refractivity contribution in [2.24, 2.45) is 5.92 Å². The third kappa shape index (κ3) is 5.03. The molecule has 1 aromatic heterocycles. The molecule has 1 unspecified atom stereocenters. The molecule has 0 bridgehead atoms. The Kier molecular flexibility index (Phi) is 5.56. The van der Waals surface area contributed by atoms with E-state index in [2.05, 4.69) is 39.5 Å². The van der Waals surface area contributed by atoms with Crippen LogP contribution in [-0.4, -0.2) is 24.8 Å². The van der Waals surface area contributed by atoms with Crippen LogP contribution in [0.4, 0.5) is 0 Å². The SMILES string of the molecule is Cc1ncc(S(=O)(=O)NCC(Br)CC(C)C)s1. The molecule has 0 saturated heterocycles. The van der Waals surface area contributed by atoms with Crippen LogP contribution in [0.1, 0.15) is 25.3 Å². The second kappa shape index (κ2) is 6.26. The predicted molar refractivity (Wildman–Crippen MR) is 74.2 cm³/mol. The fourth-order valence-electron chi connectivity index (χ4n) is 1.33. The maximum atomic E-state index is 11.9. The molecule has 0 radical (unpaired) electrons. The van der Waals surface area contributed by atoms with E-state index < -0.39 is 10.0 Å². The zero-order valence-electron chi connectivity index (χ0n) is 10.1. The van der Waals surface area contributed by atoms with Gasteiger partial charge in [0.15, 0.2) is 4.21 Å². The van der Waals surface area contributed by atoms with Gasteiger partial charge in [-0.15, -0.1) is 11.3 Å². The third-order valence-electron chi connectivity index (χ3n) is 2.09. The van der Waals surface area contributed by atoms with Gasteiger partial charge >= 0.3 is 0 Å². The molecule has 1 heterocycles. The van der Waals surface area contributed by atoms with Crippen molar-refractivity contribution in [1.29, 1.82) is 0 Å². The molecule has 7 heteroatoms. The maximum absolute atomic E-state index is 11.9. The van der Waals surface area contributed by atoms with Crippen molar-refractivity contribution in [1.82, 2.24) is 9.71 Å². The van der Waals surface area contributed by atoms with E-state index in [9.17, 15) is 8.42 Å². The first kappa shape index (κ1) is 15.1. The van der Waals surface area contributed by atoms with Crippen LogP contribution < -0.4 is 4.72 Å². The molecule has 0 aromatic carbocycles. The summed E-state index contributed by atoms with van der Waals surface area (Å²) in [5.74, 6) is 0.537. The molecule has 0 aliphatic heterocycles. The molecular weight excluding hydrogens is 324 g/mol. The Labute approximate surface area is 115 Å². The van der Waals surface area contributed by atoms with Crippen molar-refractivity contribution in [3.63, 3.8) is 0 Å². The van der Waals surface area contributed by atoms with E-state index in [-0.39, 0.29) is 9.04 Å². The van der Waals surface area contributed by atoms with Crippen molar-refractivity contribution in [3.05, 3.63) is 11.2 Å². The summed E-state index contributed by atoms with van der Waals surface area (Å²) in [6.45, 7) is 6.40. The second-order valence-corrected chi connectivity index (χ2v) is 8.80. The quantitative estimate of drug-likeness (QED) is 0.809. The van der Waals surface area contributed by atoms with E-state index in [1.54, 1.807) is 6.92 Å². The maximum Gasteiger partial charge on any atom is 0.251 e. The first-order chi connectivity index (χ1) is 7.81. The van der Waals surface area contributed by atoms with Crippen LogP contribution in [0, 0.1) is 12.8 Å². The van der Waals surface area contributed by atoms with Crippen molar-refractivity contribution >= 4 is 37.3 Å². The lowest BCUT2D eigenvalue weighted by Gasteiger charge is -2.12. The number of hydrogen-bond donors (Lipinski definition) is 1. The smallest absolute Gasteiger partial charge is 0.249 e. The normalized spacial score (nSPS) is 14.2. The van der Waals surface area contributed by atoms with Gasteiger partial charge in [-0.2, -0.15) is 0 Å². The Morgan fingerprint density at radius 3 is 2.65 bits per heavy atom. The van der Waals surface area contributed by atoms with E-state index in [1.165, 1.54) is 17.5 Å². The molecule has 98 valence electrons. The number of aromatic nitrogens is 1. The summed E-state index contributed by atoms with van der Waals surface area (Å²) in [5, 5.41) is 0.753. The minimum absolute atomic E-state index is 0.159. The van der Waals surface area contributed by atoms with Crippen LogP contribution in [0.5, 0.6) is 0 Å². The Balaban J connectivity index is 2.56. The lowest BCUT2D eigenvalue weighted by molar-refractivity contribution is 0.552. The highest BCUT2D eigenvalue weighted by molar-refractivity contribution is 9.09. The van der Waals surface area contributed by atoms with Gasteiger partial charge in [0.05, 0.1) is 11.2 Å². The van der Waals surface area contributed by atoms with Crippen LogP contribution in [-0.2, 0) is 10.0 Å². The lowest BCUT2D eigenvalue weighted by Crippen LogP contribution is -2.29. The number of nitrogens with zero attached hydrogens (tertiary/aromatic N) is 1. The van der Waals surface area contributed by atoms with Crippen LogP contribution in [0.3, 0.4) is 0 Å². The minimum Gasteiger partial charge on any atom is -0.249 e. The zero-order valence-corrected chi connectivity index (χ0v) is 13.3. The van der Waals surface area contributed by atoms with Crippen molar-refractivity contribution in [2.75, 3.05) is 6.54 Å². The molecule has 0 fully saturated rings. The first-order valence-electron chi connectivity index (χ1n) is 5.37. The summed E-state index contributed by atoms with van der Waals surface area (Å²) in [4.78, 5) is 4.10. The summed E-state index contributed by atoms with van der Waals surface area (Å²) in [6.07, 6.45) is 2.33. The molecule has 1 atom stereocenters. The summed E-state index contributed by atoms with van der Waals surface area (Å²) >= 11 is 4.65. The van der Waals surface area contributed by atoms with Crippen LogP contribution >= 0.6 is 27.3 Å². The number of rotatable bonds is 6. The molecule has 0 spiro atoms. The monoisotopic (exact) mass is 340 g/mol. The van der Waals surface area contributed by atoms with Crippen LogP contribution in [0.25, 0.3) is 0 Å². The van der Waals surface area contributed by atoms with Gasteiger partial charge in [-0.3, -0.25) is 0 Å². The Hall–Kier alpha value is 0.0200. The van der Waals surface area contributed by atoms with Crippen LogP contribution in [0.15, 0.2) is 10.4 Å². The van der Waals surface area contributed by atoms with E-state index >= 15 is 0 Å². The van der Waals surface area contributed by atoms with Gasteiger partial charge in [0, 0.05) is 11.4 Å². The van der Waals surface area contributed by atoms with E-state index in [4.69, 9.17) is 0 Å². The molecule has 1 rings (SSSR count). The van der Waals surface area contributed by atoms with E-state index in [0.717, 1.165) is 11.4 Å². The van der Waals surface area contributed by atoms with E-state index in [0.29, 0.717) is 12.5 Å². The molecule has 0 aliphatic carbocycles. The number of sulfonamides is 1. The summed E-state index contributed by atoms with van der Waals surface area (Å²) < 4.78 is 26.6. The number of aryl methyl sites for hydroxylation is 1. The highest BCUT2D eigenvalue weighted by atomic mass is 79.9. The molecule has 0 amide bonds. The van der Waals surface area contributed by atoms with Crippen LogP contribution in [0.2, 0.25) is 0 Å². The van der Waals surface area contributed by atoms with Gasteiger partial charge in [-0.05, 0) is 19.3 Å². The molecular formula is C10H17BrN2O2S2. The van der Waals surface area contributed by atoms with Gasteiger partial charge in [0.25, 0.3) is 10.0 Å². The number of nitrogens with one attached hydrogen (secondary N) is 1. The third-order valence-corrected chi connectivity index (χ3v) is 5.58. The molecule has 1 aromatic rings. The van der Waals surface area contributed by atoms with Gasteiger partial charge in [-0.1, -0.05) is 29.8 Å². The number of alkyl halides is 1. The highest BCUT2D eigenvalue weighted by Crippen LogP contribution is 2.18. The molecule has 17 heavy (non-hydrogen) atoms. The molecule has 1 N–H and O–H groups in total. The first-order valence-corrected chi connectivity index (χ1v) is 8.59. The van der Waals surface area contributed by atoms with Crippen molar-refractivity contribution < 1.29 is 8.42 Å². The van der Waals surface area contributed by atoms with Gasteiger partial charge < -0.3 is 0 Å². The second-order valence-electron chi connectivity index (χ2n) is 4.28. The molecule has 4 nitrogen and oxygen atoms in total. The Morgan fingerprint density at radius 2 is 2.18 bits per heavy atom. The fraction of sp³-hybridized carbons (Fsp3) is 0.700. The largest absolute Gasteiger partial charge is 0.251 e. The van der Waals surface area contributed by atoms with Gasteiger partial charge in [0.1, 0.15) is 0 Å². The average Bonchev–Trinajstić information content (AvgIpc) is 2.62. The van der Waals surface area contributed by atoms with Crippen molar-refractivity contribution in [2.45, 2.75) is 36.2 Å². The van der Waals surface area contributed by atoms with Gasteiger partial charge in [-0.25, -0.2) is 18.1 Å². The summed E-state index contributed by atoms with van der Waals surface area (Å²) in [6, 6.07) is 0. The Morgan fingerprint density at radius 1 is 1.53 bits per heavy atom. The molecule has 0 aliphatic rings. The zero-order chi connectivity index (χ0) is 13.1. The Bertz CT molecular complexity index is 457. The summed E-state index contributed by atoms with van der Waals surface area (Å²) in [7, 11) is -3.39. The standard InChI is InChI=1S/C10H17BrN2O2S2/c1-7(2)4-9(11)5-13-17(14,15)10-6-12-8(3)16-10/h6-7,9,13H,4-5H2,1-3H3.